The predicted octanol–water partition coefficient (Wildman–Crippen LogP) is 11.3. The fourth-order valence-corrected chi connectivity index (χ4v) is 7.17. The highest BCUT2D eigenvalue weighted by molar-refractivity contribution is 7.45. The number of amides is 1. The molecule has 0 fully saturated rings. The summed E-state index contributed by atoms with van der Waals surface area (Å²) < 4.78 is 23.2. The Balaban J connectivity index is 4.38. The molecule has 9 heteroatoms. The molecule has 2 N–H and O–H groups in total. The Labute approximate surface area is 322 Å². The zero-order chi connectivity index (χ0) is 38.6. The Bertz CT molecular complexity index is 865. The number of phosphoric acid groups is 1. The van der Waals surface area contributed by atoms with Crippen LogP contribution in [0.4, 0.5) is 0 Å². The van der Waals surface area contributed by atoms with Gasteiger partial charge in [-0.2, -0.15) is 0 Å². The third kappa shape index (κ3) is 37.6. The number of allylic oxidation sites excluding steroid dienone is 1. The van der Waals surface area contributed by atoms with Crippen molar-refractivity contribution in [1.82, 2.24) is 5.32 Å². The van der Waals surface area contributed by atoms with E-state index < -0.39 is 20.0 Å². The maximum Gasteiger partial charge on any atom is 0.268 e. The minimum absolute atomic E-state index is 0.00201. The van der Waals surface area contributed by atoms with Gasteiger partial charge in [-0.05, 0) is 19.3 Å². The molecule has 0 heterocycles. The number of carbonyl (C=O) groups is 1. The highest BCUT2D eigenvalue weighted by Crippen LogP contribution is 2.38. The van der Waals surface area contributed by atoms with Crippen LogP contribution in [0.25, 0.3) is 0 Å². The molecule has 0 aliphatic rings. The first-order valence-electron chi connectivity index (χ1n) is 22.1. The molecule has 0 aromatic rings. The molecule has 3 unspecified atom stereocenters. The Morgan fingerprint density at radius 2 is 1.04 bits per heavy atom. The van der Waals surface area contributed by atoms with Gasteiger partial charge in [-0.15, -0.1) is 0 Å². The zero-order valence-corrected chi connectivity index (χ0v) is 35.9. The Morgan fingerprint density at radius 3 is 1.44 bits per heavy atom. The van der Waals surface area contributed by atoms with E-state index in [1.54, 1.807) is 6.08 Å². The monoisotopic (exact) mass is 759 g/mol. The lowest BCUT2D eigenvalue weighted by atomic mass is 10.0. The van der Waals surface area contributed by atoms with Crippen molar-refractivity contribution >= 4 is 13.7 Å². The number of unbranched alkanes of at least 4 members (excludes halogenated alkanes) is 27. The predicted molar refractivity (Wildman–Crippen MR) is 219 cm³/mol. The second-order valence-corrected chi connectivity index (χ2v) is 17.8. The number of carbonyl (C=O) groups excluding carboxylic acids is 1. The molecule has 8 nitrogen and oxygen atoms in total. The molecule has 0 spiro atoms. The fourth-order valence-electron chi connectivity index (χ4n) is 6.45. The highest BCUT2D eigenvalue weighted by Gasteiger charge is 2.23. The van der Waals surface area contributed by atoms with E-state index in [0.29, 0.717) is 17.4 Å². The number of nitrogens with one attached hydrogen (secondary N) is 1. The van der Waals surface area contributed by atoms with Gasteiger partial charge in [0.1, 0.15) is 13.2 Å². The quantitative estimate of drug-likeness (QED) is 0.0279. The van der Waals surface area contributed by atoms with Crippen molar-refractivity contribution in [2.75, 3.05) is 40.9 Å². The number of likely N-dealkylation sites (N-methyl/N-ethyl adjacent to an activating group) is 1. The molecule has 0 saturated heterocycles. The van der Waals surface area contributed by atoms with Crippen LogP contribution < -0.4 is 10.2 Å². The summed E-state index contributed by atoms with van der Waals surface area (Å²) >= 11 is 0. The number of rotatable bonds is 40. The van der Waals surface area contributed by atoms with Crippen LogP contribution in [-0.4, -0.2) is 68.5 Å². The van der Waals surface area contributed by atoms with E-state index in [2.05, 4.69) is 19.2 Å². The molecular weight excluding hydrogens is 671 g/mol. The smallest absolute Gasteiger partial charge is 0.268 e. The van der Waals surface area contributed by atoms with E-state index in [0.717, 1.165) is 38.5 Å². The van der Waals surface area contributed by atoms with Crippen molar-refractivity contribution in [3.8, 4) is 0 Å². The summed E-state index contributed by atoms with van der Waals surface area (Å²) in [7, 11) is 1.27. The lowest BCUT2D eigenvalue weighted by Crippen LogP contribution is -2.45. The average Bonchev–Trinajstić information content (AvgIpc) is 3.09. The van der Waals surface area contributed by atoms with Gasteiger partial charge in [-0.25, -0.2) is 0 Å². The second kappa shape index (κ2) is 35.9. The number of quaternary nitrogens is 1. The Kier molecular flexibility index (Phi) is 35.4. The van der Waals surface area contributed by atoms with Gasteiger partial charge in [0.25, 0.3) is 7.82 Å². The van der Waals surface area contributed by atoms with Gasteiger partial charge in [0, 0.05) is 6.42 Å². The molecule has 0 rings (SSSR count). The normalized spacial score (nSPS) is 14.5. The van der Waals surface area contributed by atoms with E-state index in [-0.39, 0.29) is 19.1 Å². The minimum Gasteiger partial charge on any atom is -0.756 e. The van der Waals surface area contributed by atoms with Gasteiger partial charge in [-0.3, -0.25) is 9.36 Å². The zero-order valence-electron chi connectivity index (χ0n) is 35.0. The number of phosphoric ester groups is 1. The maximum atomic E-state index is 12.8. The average molecular weight is 759 g/mol. The molecule has 0 radical (unpaired) electrons. The molecule has 0 aliphatic heterocycles. The minimum atomic E-state index is -4.58. The first-order valence-corrected chi connectivity index (χ1v) is 23.5. The molecule has 0 aromatic heterocycles. The van der Waals surface area contributed by atoms with Gasteiger partial charge < -0.3 is 28.8 Å². The van der Waals surface area contributed by atoms with Gasteiger partial charge in [0.05, 0.1) is 39.9 Å². The molecule has 0 saturated carbocycles. The Hall–Kier alpha value is -0.760. The molecule has 1 amide bonds. The number of hydrogen-bond acceptors (Lipinski definition) is 6. The van der Waals surface area contributed by atoms with Gasteiger partial charge in [0.15, 0.2) is 0 Å². The highest BCUT2D eigenvalue weighted by atomic mass is 31.2. The summed E-state index contributed by atoms with van der Waals surface area (Å²) in [6.07, 6.45) is 39.6. The summed E-state index contributed by atoms with van der Waals surface area (Å²) in [6.45, 7) is 4.65. The summed E-state index contributed by atoms with van der Waals surface area (Å²) in [6, 6.07) is -0.879. The number of aliphatic hydroxyl groups excluding tert-OH is 1. The molecular formula is C43H87N2O6P. The van der Waals surface area contributed by atoms with E-state index in [4.69, 9.17) is 9.05 Å². The van der Waals surface area contributed by atoms with E-state index >= 15 is 0 Å². The molecule has 0 bridgehead atoms. The maximum absolute atomic E-state index is 12.8. The molecule has 310 valence electrons. The van der Waals surface area contributed by atoms with Crippen LogP contribution in [0.5, 0.6) is 0 Å². The lowest BCUT2D eigenvalue weighted by Gasteiger charge is -2.29. The molecule has 0 aromatic carbocycles. The standard InChI is InChI=1S/C43H87N2O6P/c1-6-8-10-12-14-16-18-20-21-22-23-25-27-29-31-33-35-37-43(47)44-41(40-51-52(48,49)50-39-38-45(3,4)5)42(46)36-34-32-30-28-26-24-19-17-15-13-11-9-7-2/h34,36,41-42,46H,6-33,35,37-40H2,1-5H3,(H-,44,47,48,49)/b36-34+. The largest absolute Gasteiger partial charge is 0.756 e. The van der Waals surface area contributed by atoms with Crippen LogP contribution in [0.2, 0.25) is 0 Å². The third-order valence-electron chi connectivity index (χ3n) is 10.00. The Morgan fingerprint density at radius 1 is 0.654 bits per heavy atom. The third-order valence-corrected chi connectivity index (χ3v) is 11.0. The summed E-state index contributed by atoms with van der Waals surface area (Å²) in [5.41, 5.74) is 0. The van der Waals surface area contributed by atoms with Crippen molar-refractivity contribution in [3.05, 3.63) is 12.2 Å². The first-order chi connectivity index (χ1) is 25.0. The fraction of sp³-hybridized carbons (Fsp3) is 0.930. The van der Waals surface area contributed by atoms with Gasteiger partial charge in [0.2, 0.25) is 5.91 Å². The second-order valence-electron chi connectivity index (χ2n) is 16.4. The number of nitrogens with zero attached hydrogens (tertiary/aromatic N) is 1. The van der Waals surface area contributed by atoms with Crippen molar-refractivity contribution in [2.24, 2.45) is 0 Å². The molecule has 3 atom stereocenters. The SMILES string of the molecule is CCCCCCCCCCCCC/C=C/C(O)C(COP(=O)([O-])OCC[N+](C)(C)C)NC(=O)CCCCCCCCCCCCCCCCCCC. The van der Waals surface area contributed by atoms with Crippen LogP contribution in [0.1, 0.15) is 206 Å². The van der Waals surface area contributed by atoms with E-state index in [1.165, 1.54) is 148 Å². The van der Waals surface area contributed by atoms with Crippen molar-refractivity contribution < 1.29 is 32.9 Å². The van der Waals surface area contributed by atoms with Crippen molar-refractivity contribution in [3.63, 3.8) is 0 Å². The topological polar surface area (TPSA) is 108 Å². The van der Waals surface area contributed by atoms with Crippen LogP contribution >= 0.6 is 7.82 Å². The van der Waals surface area contributed by atoms with E-state index in [1.807, 2.05) is 27.2 Å². The first kappa shape index (κ1) is 51.2. The number of aliphatic hydroxyl groups is 1. The van der Waals surface area contributed by atoms with Crippen LogP contribution in [-0.2, 0) is 18.4 Å². The number of hydrogen-bond donors (Lipinski definition) is 2. The molecule has 0 aliphatic carbocycles. The lowest BCUT2D eigenvalue weighted by molar-refractivity contribution is -0.870. The van der Waals surface area contributed by atoms with Crippen molar-refractivity contribution in [1.29, 1.82) is 0 Å². The summed E-state index contributed by atoms with van der Waals surface area (Å²) in [5.74, 6) is -0.195. The molecule has 52 heavy (non-hydrogen) atoms. The van der Waals surface area contributed by atoms with Gasteiger partial charge in [-0.1, -0.05) is 193 Å². The summed E-state index contributed by atoms with van der Waals surface area (Å²) in [5, 5.41) is 13.8. The van der Waals surface area contributed by atoms with Crippen LogP contribution in [0.15, 0.2) is 12.2 Å². The van der Waals surface area contributed by atoms with Crippen LogP contribution in [0, 0.1) is 0 Å². The van der Waals surface area contributed by atoms with E-state index in [9.17, 15) is 19.4 Å². The van der Waals surface area contributed by atoms with Crippen LogP contribution in [0.3, 0.4) is 0 Å². The van der Waals surface area contributed by atoms with Gasteiger partial charge >= 0.3 is 0 Å². The van der Waals surface area contributed by atoms with Crippen molar-refractivity contribution in [2.45, 2.75) is 219 Å². The summed E-state index contributed by atoms with van der Waals surface area (Å²) in [4.78, 5) is 25.3.